The van der Waals surface area contributed by atoms with Gasteiger partial charge in [0.25, 0.3) is 5.91 Å². The van der Waals surface area contributed by atoms with Crippen LogP contribution in [0.25, 0.3) is 4.96 Å². The van der Waals surface area contributed by atoms with Crippen molar-refractivity contribution in [1.82, 2.24) is 25.1 Å². The predicted octanol–water partition coefficient (Wildman–Crippen LogP) is 2.76. The Bertz CT molecular complexity index is 837. The smallest absolute Gasteiger partial charge is 0.251 e. The van der Waals surface area contributed by atoms with Gasteiger partial charge in [0, 0.05) is 16.0 Å². The molecule has 1 saturated carbocycles. The van der Waals surface area contributed by atoms with Crippen LogP contribution in [0.5, 0.6) is 0 Å². The van der Waals surface area contributed by atoms with Crippen molar-refractivity contribution in [3.05, 3.63) is 45.1 Å². The van der Waals surface area contributed by atoms with E-state index >= 15 is 0 Å². The SMILES string of the molecule is O=C(NCc1nn2c(C3CC3)nnc2s1)c1ccc(Br)cc1. The van der Waals surface area contributed by atoms with Gasteiger partial charge in [0.05, 0.1) is 6.54 Å². The van der Waals surface area contributed by atoms with Gasteiger partial charge in [-0.05, 0) is 37.1 Å². The number of nitrogens with zero attached hydrogens (tertiary/aromatic N) is 4. The van der Waals surface area contributed by atoms with Gasteiger partial charge in [0.1, 0.15) is 5.01 Å². The van der Waals surface area contributed by atoms with Gasteiger partial charge < -0.3 is 5.32 Å². The van der Waals surface area contributed by atoms with Gasteiger partial charge >= 0.3 is 0 Å². The van der Waals surface area contributed by atoms with E-state index < -0.39 is 0 Å². The van der Waals surface area contributed by atoms with Gasteiger partial charge in [-0.3, -0.25) is 4.79 Å². The van der Waals surface area contributed by atoms with Crippen molar-refractivity contribution >= 4 is 38.1 Å². The quantitative estimate of drug-likeness (QED) is 0.758. The molecule has 0 saturated heterocycles. The van der Waals surface area contributed by atoms with Crippen LogP contribution in [0.2, 0.25) is 0 Å². The second kappa shape index (κ2) is 5.44. The monoisotopic (exact) mass is 377 g/mol. The summed E-state index contributed by atoms with van der Waals surface area (Å²) in [5, 5.41) is 16.5. The van der Waals surface area contributed by atoms with Crippen LogP contribution < -0.4 is 5.32 Å². The molecule has 1 N–H and O–H groups in total. The first-order chi connectivity index (χ1) is 10.7. The molecule has 0 atom stereocenters. The van der Waals surface area contributed by atoms with Crippen LogP contribution in [0, 0.1) is 0 Å². The maximum atomic E-state index is 12.1. The summed E-state index contributed by atoms with van der Waals surface area (Å²) >= 11 is 4.81. The average Bonchev–Trinajstić information content (AvgIpc) is 3.16. The number of benzene rings is 1. The van der Waals surface area contributed by atoms with E-state index in [1.165, 1.54) is 11.3 Å². The number of carbonyl (C=O) groups is 1. The maximum Gasteiger partial charge on any atom is 0.251 e. The molecule has 0 bridgehead atoms. The number of amides is 1. The molecule has 8 heteroatoms. The second-order valence-corrected chi connectivity index (χ2v) is 7.17. The molecule has 112 valence electrons. The first kappa shape index (κ1) is 13.8. The third-order valence-electron chi connectivity index (χ3n) is 3.51. The van der Waals surface area contributed by atoms with Crippen LogP contribution in [-0.2, 0) is 6.54 Å². The highest BCUT2D eigenvalue weighted by molar-refractivity contribution is 9.10. The van der Waals surface area contributed by atoms with Gasteiger partial charge in [0.2, 0.25) is 4.96 Å². The number of hydrogen-bond donors (Lipinski definition) is 1. The summed E-state index contributed by atoms with van der Waals surface area (Å²) in [5.41, 5.74) is 0.630. The Kier molecular flexibility index (Phi) is 3.42. The van der Waals surface area contributed by atoms with E-state index in [4.69, 9.17) is 0 Å². The van der Waals surface area contributed by atoms with Crippen LogP contribution in [-0.4, -0.2) is 25.7 Å². The Labute approximate surface area is 138 Å². The molecule has 2 aromatic heterocycles. The molecule has 1 aromatic carbocycles. The standard InChI is InChI=1S/C14H12BrN5OS/c15-10-5-3-9(4-6-10)13(21)16-7-11-19-20-12(8-1-2-8)17-18-14(20)22-11/h3-6,8H,1-2,7H2,(H,16,21). The van der Waals surface area contributed by atoms with Gasteiger partial charge in [-0.15, -0.1) is 10.2 Å². The average molecular weight is 378 g/mol. The van der Waals surface area contributed by atoms with Crippen LogP contribution in [0.1, 0.15) is 39.9 Å². The molecule has 2 heterocycles. The fourth-order valence-corrected chi connectivity index (χ4v) is 3.24. The summed E-state index contributed by atoms with van der Waals surface area (Å²) in [4.78, 5) is 12.9. The zero-order valence-corrected chi connectivity index (χ0v) is 13.9. The third kappa shape index (κ3) is 2.64. The molecule has 22 heavy (non-hydrogen) atoms. The van der Waals surface area contributed by atoms with E-state index in [0.29, 0.717) is 18.0 Å². The van der Waals surface area contributed by atoms with E-state index in [2.05, 4.69) is 36.5 Å². The van der Waals surface area contributed by atoms with Crippen molar-refractivity contribution in [1.29, 1.82) is 0 Å². The van der Waals surface area contributed by atoms with Crippen molar-refractivity contribution in [2.45, 2.75) is 25.3 Å². The van der Waals surface area contributed by atoms with Crippen LogP contribution in [0.3, 0.4) is 0 Å². The predicted molar refractivity (Wildman–Crippen MR) is 85.9 cm³/mol. The van der Waals surface area contributed by atoms with E-state index in [1.54, 1.807) is 12.1 Å². The minimum Gasteiger partial charge on any atom is -0.345 e. The zero-order chi connectivity index (χ0) is 15.1. The Morgan fingerprint density at radius 2 is 2.09 bits per heavy atom. The molecule has 0 aliphatic heterocycles. The van der Waals surface area contributed by atoms with E-state index in [1.807, 2.05) is 16.6 Å². The normalized spacial score (nSPS) is 14.4. The third-order valence-corrected chi connectivity index (χ3v) is 4.93. The highest BCUT2D eigenvalue weighted by atomic mass is 79.9. The minimum absolute atomic E-state index is 0.110. The Hall–Kier alpha value is -1.80. The van der Waals surface area contributed by atoms with Gasteiger partial charge in [0.15, 0.2) is 5.82 Å². The molecule has 0 unspecified atom stereocenters. The Balaban J connectivity index is 1.47. The largest absolute Gasteiger partial charge is 0.345 e. The first-order valence-corrected chi connectivity index (χ1v) is 8.56. The van der Waals surface area contributed by atoms with E-state index in [0.717, 1.165) is 33.1 Å². The number of halogens is 1. The fraction of sp³-hybridized carbons (Fsp3) is 0.286. The number of fused-ring (bicyclic) bond motifs is 1. The van der Waals surface area contributed by atoms with Crippen LogP contribution in [0.15, 0.2) is 28.7 Å². The number of aromatic nitrogens is 4. The molecular weight excluding hydrogens is 366 g/mol. The van der Waals surface area contributed by atoms with Crippen molar-refractivity contribution in [2.24, 2.45) is 0 Å². The number of carbonyl (C=O) groups excluding carboxylic acids is 1. The lowest BCUT2D eigenvalue weighted by atomic mass is 10.2. The van der Waals surface area contributed by atoms with Crippen LogP contribution >= 0.6 is 27.3 Å². The lowest BCUT2D eigenvalue weighted by molar-refractivity contribution is 0.0951. The van der Waals surface area contributed by atoms with Gasteiger partial charge in [-0.1, -0.05) is 27.3 Å². The Morgan fingerprint density at radius 3 is 2.82 bits per heavy atom. The van der Waals surface area contributed by atoms with Crippen molar-refractivity contribution < 1.29 is 4.79 Å². The lowest BCUT2D eigenvalue weighted by Crippen LogP contribution is -2.22. The molecular formula is C14H12BrN5OS. The van der Waals surface area contributed by atoms with E-state index in [9.17, 15) is 4.79 Å². The molecule has 4 rings (SSSR count). The van der Waals surface area contributed by atoms with E-state index in [-0.39, 0.29) is 5.91 Å². The summed E-state index contributed by atoms with van der Waals surface area (Å²) in [6.45, 7) is 0.396. The number of nitrogens with one attached hydrogen (secondary N) is 1. The van der Waals surface area contributed by atoms with Crippen molar-refractivity contribution in [3.8, 4) is 0 Å². The molecule has 0 radical (unpaired) electrons. The molecule has 0 spiro atoms. The molecule has 6 nitrogen and oxygen atoms in total. The first-order valence-electron chi connectivity index (χ1n) is 6.95. The Morgan fingerprint density at radius 1 is 1.32 bits per heavy atom. The number of hydrogen-bond acceptors (Lipinski definition) is 5. The lowest BCUT2D eigenvalue weighted by Gasteiger charge is -2.02. The van der Waals surface area contributed by atoms with Gasteiger partial charge in [-0.2, -0.15) is 9.61 Å². The molecule has 1 amide bonds. The zero-order valence-electron chi connectivity index (χ0n) is 11.5. The topological polar surface area (TPSA) is 72.2 Å². The maximum absolute atomic E-state index is 12.1. The summed E-state index contributed by atoms with van der Waals surface area (Å²) < 4.78 is 2.76. The van der Waals surface area contributed by atoms with Crippen LogP contribution in [0.4, 0.5) is 0 Å². The summed E-state index contributed by atoms with van der Waals surface area (Å²) in [6.07, 6.45) is 2.32. The second-order valence-electron chi connectivity index (χ2n) is 5.21. The highest BCUT2D eigenvalue weighted by Gasteiger charge is 2.30. The minimum atomic E-state index is -0.110. The molecule has 3 aromatic rings. The molecule has 1 aliphatic rings. The summed E-state index contributed by atoms with van der Waals surface area (Å²) in [7, 11) is 0. The number of rotatable bonds is 4. The molecule has 1 fully saturated rings. The fourth-order valence-electron chi connectivity index (χ4n) is 2.20. The highest BCUT2D eigenvalue weighted by Crippen LogP contribution is 2.39. The van der Waals surface area contributed by atoms with Gasteiger partial charge in [-0.25, -0.2) is 0 Å². The molecule has 1 aliphatic carbocycles. The van der Waals surface area contributed by atoms with Crippen molar-refractivity contribution in [2.75, 3.05) is 0 Å². The summed E-state index contributed by atoms with van der Waals surface area (Å²) in [6, 6.07) is 7.26. The van der Waals surface area contributed by atoms with Crippen molar-refractivity contribution in [3.63, 3.8) is 0 Å². The summed E-state index contributed by atoms with van der Waals surface area (Å²) in [5.74, 6) is 1.33.